The fraction of sp³-hybridized carbons (Fsp3) is 0.417. The van der Waals surface area contributed by atoms with Crippen LogP contribution in [-0.2, 0) is 18.4 Å². The number of carbonyl (C=O) groups excluding carboxylic acids is 1. The van der Waals surface area contributed by atoms with Crippen LogP contribution in [0.5, 0.6) is 0 Å². The summed E-state index contributed by atoms with van der Waals surface area (Å²) >= 11 is 0. The molecule has 1 aliphatic carbocycles. The Kier molecular flexibility index (Phi) is 3.49. The molecule has 0 bridgehead atoms. The molecule has 1 fully saturated rings. The Hall–Kier alpha value is -2.91. The van der Waals surface area contributed by atoms with Gasteiger partial charge in [-0.25, -0.2) is 0 Å². The van der Waals surface area contributed by atoms with E-state index in [4.69, 9.17) is 0 Å². The number of nitro groups is 1. The Morgan fingerprint density at radius 1 is 1.55 bits per heavy atom. The van der Waals surface area contributed by atoms with Gasteiger partial charge in [0, 0.05) is 19.3 Å². The monoisotopic (exact) mass is 305 g/mol. The van der Waals surface area contributed by atoms with Gasteiger partial charge in [-0.3, -0.25) is 14.0 Å². The van der Waals surface area contributed by atoms with Crippen molar-refractivity contribution in [2.45, 2.75) is 25.4 Å². The third-order valence-electron chi connectivity index (χ3n) is 3.23. The highest BCUT2D eigenvalue weighted by molar-refractivity contribution is 5.76. The minimum Gasteiger partial charge on any atom is -0.358 e. The highest BCUT2D eigenvalue weighted by Crippen LogP contribution is 2.25. The van der Waals surface area contributed by atoms with Gasteiger partial charge in [0.25, 0.3) is 0 Å². The lowest BCUT2D eigenvalue weighted by Crippen LogP contribution is -2.29. The maximum atomic E-state index is 11.7. The van der Waals surface area contributed by atoms with Gasteiger partial charge in [-0.2, -0.15) is 5.10 Å². The number of aryl methyl sites for hydroxylation is 1. The van der Waals surface area contributed by atoms with Crippen LogP contribution in [0.4, 0.5) is 17.3 Å². The second-order valence-electron chi connectivity index (χ2n) is 5.18. The summed E-state index contributed by atoms with van der Waals surface area (Å²) in [6.07, 6.45) is 6.53. The van der Waals surface area contributed by atoms with Crippen molar-refractivity contribution in [2.24, 2.45) is 7.05 Å². The van der Waals surface area contributed by atoms with E-state index >= 15 is 0 Å². The zero-order valence-electron chi connectivity index (χ0n) is 11.9. The van der Waals surface area contributed by atoms with Crippen LogP contribution in [0.3, 0.4) is 0 Å². The van der Waals surface area contributed by atoms with Crippen molar-refractivity contribution in [3.05, 3.63) is 28.8 Å². The number of rotatable bonds is 6. The molecular formula is C12H15N7O3. The second kappa shape index (κ2) is 5.47. The van der Waals surface area contributed by atoms with Gasteiger partial charge in [-0.15, -0.1) is 0 Å². The SMILES string of the molecule is Cn1cnc([N+](=O)[O-])c1Nc1cnn(CC(=O)NC2CC2)c1. The molecule has 0 aromatic carbocycles. The number of carbonyl (C=O) groups is 1. The molecule has 1 amide bonds. The fourth-order valence-corrected chi connectivity index (χ4v) is 2.00. The van der Waals surface area contributed by atoms with Crippen LogP contribution in [0.25, 0.3) is 0 Å². The Labute approximate surface area is 125 Å². The highest BCUT2D eigenvalue weighted by atomic mass is 16.6. The summed E-state index contributed by atoms with van der Waals surface area (Å²) in [5, 5.41) is 20.7. The van der Waals surface area contributed by atoms with Crippen LogP contribution in [0, 0.1) is 10.1 Å². The summed E-state index contributed by atoms with van der Waals surface area (Å²) in [5.41, 5.74) is 0.547. The largest absolute Gasteiger partial charge is 0.406 e. The molecule has 1 saturated carbocycles. The molecule has 0 spiro atoms. The van der Waals surface area contributed by atoms with Gasteiger partial charge >= 0.3 is 5.82 Å². The lowest BCUT2D eigenvalue weighted by Gasteiger charge is -2.04. The molecule has 2 heterocycles. The van der Waals surface area contributed by atoms with Crippen LogP contribution in [0.2, 0.25) is 0 Å². The van der Waals surface area contributed by atoms with Crippen molar-refractivity contribution < 1.29 is 9.72 Å². The van der Waals surface area contributed by atoms with Gasteiger partial charge < -0.3 is 20.7 Å². The Bertz CT molecular complexity index is 716. The molecule has 0 radical (unpaired) electrons. The Morgan fingerprint density at radius 3 is 3.00 bits per heavy atom. The molecule has 1 aliphatic rings. The minimum atomic E-state index is -0.560. The Morgan fingerprint density at radius 2 is 2.32 bits per heavy atom. The number of aromatic nitrogens is 4. The molecule has 116 valence electrons. The molecular weight excluding hydrogens is 290 g/mol. The number of amides is 1. The van der Waals surface area contributed by atoms with Gasteiger partial charge in [-0.05, 0) is 22.7 Å². The topological polar surface area (TPSA) is 120 Å². The van der Waals surface area contributed by atoms with Gasteiger partial charge in [0.05, 0.1) is 11.9 Å². The second-order valence-corrected chi connectivity index (χ2v) is 5.18. The smallest absolute Gasteiger partial charge is 0.358 e. The van der Waals surface area contributed by atoms with E-state index in [1.165, 1.54) is 21.8 Å². The van der Waals surface area contributed by atoms with E-state index in [1.807, 2.05) is 0 Å². The number of nitrogens with one attached hydrogen (secondary N) is 2. The van der Waals surface area contributed by atoms with E-state index in [0.717, 1.165) is 12.8 Å². The summed E-state index contributed by atoms with van der Waals surface area (Å²) in [4.78, 5) is 25.7. The third kappa shape index (κ3) is 3.05. The molecule has 3 rings (SSSR count). The van der Waals surface area contributed by atoms with E-state index in [1.54, 1.807) is 13.2 Å². The number of anilines is 2. The van der Waals surface area contributed by atoms with Crippen molar-refractivity contribution in [3.8, 4) is 0 Å². The summed E-state index contributed by atoms with van der Waals surface area (Å²) in [6.45, 7) is 0.117. The van der Waals surface area contributed by atoms with E-state index in [0.29, 0.717) is 11.7 Å². The molecule has 0 unspecified atom stereocenters. The van der Waals surface area contributed by atoms with Crippen LogP contribution < -0.4 is 10.6 Å². The maximum Gasteiger partial charge on any atom is 0.406 e. The van der Waals surface area contributed by atoms with Crippen molar-refractivity contribution in [3.63, 3.8) is 0 Å². The third-order valence-corrected chi connectivity index (χ3v) is 3.23. The summed E-state index contributed by atoms with van der Waals surface area (Å²) in [7, 11) is 1.65. The van der Waals surface area contributed by atoms with Crippen LogP contribution in [-0.4, -0.2) is 36.2 Å². The van der Waals surface area contributed by atoms with Crippen molar-refractivity contribution in [2.75, 3.05) is 5.32 Å². The lowest BCUT2D eigenvalue weighted by atomic mass is 10.5. The standard InChI is InChI=1S/C12H15N7O3/c1-17-7-13-11(19(21)22)12(17)16-9-4-14-18(5-9)6-10(20)15-8-2-3-8/h4-5,7-8,16H,2-3,6H2,1H3,(H,15,20). The number of hydrogen-bond acceptors (Lipinski definition) is 6. The molecule has 0 atom stereocenters. The summed E-state index contributed by atoms with van der Waals surface area (Å²) in [5.74, 6) is -0.0997. The summed E-state index contributed by atoms with van der Waals surface area (Å²) in [6, 6.07) is 0.303. The van der Waals surface area contributed by atoms with Crippen LogP contribution in [0.1, 0.15) is 12.8 Å². The molecule has 0 saturated heterocycles. The van der Waals surface area contributed by atoms with E-state index in [9.17, 15) is 14.9 Å². The fourth-order valence-electron chi connectivity index (χ4n) is 2.00. The summed E-state index contributed by atoms with van der Waals surface area (Å²) < 4.78 is 2.98. The van der Waals surface area contributed by atoms with E-state index in [2.05, 4.69) is 20.7 Å². The number of hydrogen-bond donors (Lipinski definition) is 2. The van der Waals surface area contributed by atoms with Crippen molar-refractivity contribution in [1.29, 1.82) is 0 Å². The predicted molar refractivity (Wildman–Crippen MR) is 76.5 cm³/mol. The average Bonchev–Trinajstić information content (AvgIpc) is 3.02. The first-order valence-electron chi connectivity index (χ1n) is 6.77. The molecule has 10 heteroatoms. The van der Waals surface area contributed by atoms with Gasteiger partial charge in [0.2, 0.25) is 18.1 Å². The molecule has 2 N–H and O–H groups in total. The normalized spacial score (nSPS) is 13.9. The van der Waals surface area contributed by atoms with Crippen LogP contribution in [0.15, 0.2) is 18.7 Å². The first-order chi connectivity index (χ1) is 10.5. The zero-order valence-corrected chi connectivity index (χ0v) is 11.9. The zero-order chi connectivity index (χ0) is 15.7. The van der Waals surface area contributed by atoms with E-state index < -0.39 is 4.92 Å². The average molecular weight is 305 g/mol. The first kappa shape index (κ1) is 14.0. The molecule has 2 aromatic rings. The molecule has 0 aliphatic heterocycles. The van der Waals surface area contributed by atoms with Gasteiger partial charge in [0.1, 0.15) is 6.54 Å². The number of imidazole rings is 1. The minimum absolute atomic E-state index is 0.0938. The van der Waals surface area contributed by atoms with Crippen molar-refractivity contribution >= 4 is 23.2 Å². The number of nitrogens with zero attached hydrogens (tertiary/aromatic N) is 5. The first-order valence-corrected chi connectivity index (χ1v) is 6.77. The maximum absolute atomic E-state index is 11.7. The van der Waals surface area contributed by atoms with Gasteiger partial charge in [0.15, 0.2) is 0 Å². The van der Waals surface area contributed by atoms with Crippen LogP contribution >= 0.6 is 0 Å². The van der Waals surface area contributed by atoms with Gasteiger partial charge in [-0.1, -0.05) is 0 Å². The van der Waals surface area contributed by atoms with Crippen molar-refractivity contribution in [1.82, 2.24) is 24.6 Å². The highest BCUT2D eigenvalue weighted by Gasteiger charge is 2.23. The molecule has 22 heavy (non-hydrogen) atoms. The molecule has 2 aromatic heterocycles. The Balaban J connectivity index is 1.67. The quantitative estimate of drug-likeness (QED) is 0.594. The molecule has 10 nitrogen and oxygen atoms in total. The lowest BCUT2D eigenvalue weighted by molar-refractivity contribution is -0.388. The van der Waals surface area contributed by atoms with E-state index in [-0.39, 0.29) is 24.1 Å². The predicted octanol–water partition coefficient (Wildman–Crippen LogP) is 0.547.